The minimum Gasteiger partial charge on any atom is -0.126 e. The van der Waals surface area contributed by atoms with Crippen molar-refractivity contribution in [2.75, 3.05) is 11.5 Å². The average molecular weight is 675 g/mol. The van der Waals surface area contributed by atoms with Crippen LogP contribution in [0.4, 0.5) is 0 Å². The second-order valence-electron chi connectivity index (χ2n) is 14.5. The molecule has 0 bridgehead atoms. The molecule has 0 atom stereocenters. The molecule has 0 nitrogen and oxygen atoms in total. The van der Waals surface area contributed by atoms with E-state index < -0.39 is 0 Å². The van der Waals surface area contributed by atoms with Crippen molar-refractivity contribution in [2.24, 2.45) is 0 Å². The van der Waals surface area contributed by atoms with Crippen LogP contribution in [0.25, 0.3) is 0 Å². The van der Waals surface area contributed by atoms with Gasteiger partial charge in [0.2, 0.25) is 0 Å². The van der Waals surface area contributed by atoms with Crippen molar-refractivity contribution in [3.63, 3.8) is 0 Å². The predicted octanol–water partition coefficient (Wildman–Crippen LogP) is 17.2. The number of thioether (sulfide) groups is 2. The second kappa shape index (κ2) is 37.7. The maximum atomic E-state index is 2.44. The molecular formula is C44H82S2. The Labute approximate surface area is 300 Å². The summed E-state index contributed by atoms with van der Waals surface area (Å²) < 4.78 is 0. The molecule has 2 heteroatoms. The average Bonchev–Trinajstić information content (AvgIpc) is 3.07. The molecule has 270 valence electrons. The Morgan fingerprint density at radius 3 is 0.761 bits per heavy atom. The first-order chi connectivity index (χ1) is 22.9. The van der Waals surface area contributed by atoms with Gasteiger partial charge in [0, 0.05) is 9.79 Å². The van der Waals surface area contributed by atoms with Gasteiger partial charge in [0.1, 0.15) is 0 Å². The fourth-order valence-electron chi connectivity index (χ4n) is 6.69. The van der Waals surface area contributed by atoms with E-state index in [2.05, 4.69) is 61.6 Å². The Kier molecular flexibility index (Phi) is 36.0. The summed E-state index contributed by atoms with van der Waals surface area (Å²) >= 11 is 4.15. The van der Waals surface area contributed by atoms with Gasteiger partial charge in [0.25, 0.3) is 0 Å². The summed E-state index contributed by atoms with van der Waals surface area (Å²) in [4.78, 5) is 2.95. The lowest BCUT2D eigenvalue weighted by molar-refractivity contribution is 0.529. The molecule has 0 N–H and O–H groups in total. The molecule has 0 spiro atoms. The highest BCUT2D eigenvalue weighted by atomic mass is 32.2. The number of hydrogen-bond donors (Lipinski definition) is 0. The molecule has 0 heterocycles. The molecule has 1 rings (SSSR count). The minimum absolute atomic E-state index is 1.28. The highest BCUT2D eigenvalue weighted by molar-refractivity contribution is 8.00. The first kappa shape index (κ1) is 43.9. The maximum Gasteiger partial charge on any atom is 0.00830 e. The lowest BCUT2D eigenvalue weighted by Gasteiger charge is -2.06. The van der Waals surface area contributed by atoms with Gasteiger partial charge in [-0.3, -0.25) is 0 Å². The van der Waals surface area contributed by atoms with Gasteiger partial charge in [-0.15, -0.1) is 23.5 Å². The first-order valence-corrected chi connectivity index (χ1v) is 23.2. The van der Waals surface area contributed by atoms with Gasteiger partial charge in [-0.25, -0.2) is 0 Å². The van der Waals surface area contributed by atoms with Crippen molar-refractivity contribution in [2.45, 2.75) is 242 Å². The normalized spacial score (nSPS) is 11.5. The van der Waals surface area contributed by atoms with Gasteiger partial charge >= 0.3 is 0 Å². The van der Waals surface area contributed by atoms with Crippen molar-refractivity contribution in [1.29, 1.82) is 0 Å². The van der Waals surface area contributed by atoms with Crippen LogP contribution in [-0.2, 0) is 0 Å². The van der Waals surface area contributed by atoms with Crippen molar-refractivity contribution in [3.05, 3.63) is 24.3 Å². The zero-order valence-corrected chi connectivity index (χ0v) is 33.2. The monoisotopic (exact) mass is 675 g/mol. The molecule has 1 aromatic carbocycles. The van der Waals surface area contributed by atoms with Gasteiger partial charge in [-0.05, 0) is 42.5 Å². The van der Waals surface area contributed by atoms with E-state index in [1.54, 1.807) is 0 Å². The van der Waals surface area contributed by atoms with E-state index >= 15 is 0 Å². The third-order valence-electron chi connectivity index (χ3n) is 9.84. The Bertz CT molecular complexity index is 646. The molecule has 0 aliphatic heterocycles. The van der Waals surface area contributed by atoms with Gasteiger partial charge in [0.05, 0.1) is 0 Å². The molecule has 0 unspecified atom stereocenters. The third kappa shape index (κ3) is 32.5. The Morgan fingerprint density at radius 1 is 0.304 bits per heavy atom. The second-order valence-corrected chi connectivity index (χ2v) is 16.8. The van der Waals surface area contributed by atoms with Gasteiger partial charge in [0.15, 0.2) is 0 Å². The van der Waals surface area contributed by atoms with E-state index in [0.717, 1.165) is 0 Å². The highest BCUT2D eigenvalue weighted by Crippen LogP contribution is 2.27. The number of benzene rings is 1. The Balaban J connectivity index is 1.82. The van der Waals surface area contributed by atoms with Crippen LogP contribution in [0, 0.1) is 0 Å². The summed E-state index contributed by atoms with van der Waals surface area (Å²) in [5, 5.41) is 0. The van der Waals surface area contributed by atoms with Crippen LogP contribution in [0.2, 0.25) is 0 Å². The van der Waals surface area contributed by atoms with E-state index in [4.69, 9.17) is 0 Å². The van der Waals surface area contributed by atoms with Crippen LogP contribution in [0.5, 0.6) is 0 Å². The molecule has 0 saturated carbocycles. The summed E-state index contributed by atoms with van der Waals surface area (Å²) in [6.07, 6.45) is 49.4. The van der Waals surface area contributed by atoms with Crippen molar-refractivity contribution in [3.8, 4) is 0 Å². The predicted molar refractivity (Wildman–Crippen MR) is 216 cm³/mol. The van der Waals surface area contributed by atoms with Crippen molar-refractivity contribution in [1.82, 2.24) is 0 Å². The highest BCUT2D eigenvalue weighted by Gasteiger charge is 2.01. The van der Waals surface area contributed by atoms with Gasteiger partial charge in [-0.1, -0.05) is 225 Å². The smallest absolute Gasteiger partial charge is 0.00830 e. The standard InChI is InChI=1S/C44H82S2/c1-3-5-7-9-11-13-15-17-19-21-23-25-27-29-31-33-35-40-45-43-38-37-39-44(42-43)46-41-36-34-32-30-28-26-24-22-20-18-16-14-12-10-8-6-4-2/h37-39,42H,3-36,40-41H2,1-2H3. The van der Waals surface area contributed by atoms with E-state index in [1.165, 1.54) is 240 Å². The van der Waals surface area contributed by atoms with Crippen LogP contribution in [0.3, 0.4) is 0 Å². The molecule has 46 heavy (non-hydrogen) atoms. The van der Waals surface area contributed by atoms with Crippen LogP contribution in [0.15, 0.2) is 34.1 Å². The number of hydrogen-bond acceptors (Lipinski definition) is 2. The Hall–Kier alpha value is -0.0800. The molecule has 0 radical (unpaired) electrons. The summed E-state index contributed by atoms with van der Waals surface area (Å²) in [5.41, 5.74) is 0. The minimum atomic E-state index is 1.28. The topological polar surface area (TPSA) is 0 Å². The Morgan fingerprint density at radius 2 is 0.522 bits per heavy atom. The molecule has 0 amide bonds. The van der Waals surface area contributed by atoms with Crippen molar-refractivity contribution < 1.29 is 0 Å². The summed E-state index contributed by atoms with van der Waals surface area (Å²) in [5.74, 6) is 2.57. The number of rotatable bonds is 38. The zero-order valence-electron chi connectivity index (χ0n) is 31.6. The summed E-state index contributed by atoms with van der Waals surface area (Å²) in [6.45, 7) is 4.62. The maximum absolute atomic E-state index is 2.44. The van der Waals surface area contributed by atoms with Gasteiger partial charge < -0.3 is 0 Å². The van der Waals surface area contributed by atoms with E-state index in [0.29, 0.717) is 0 Å². The summed E-state index contributed by atoms with van der Waals surface area (Å²) in [6, 6.07) is 9.35. The van der Waals surface area contributed by atoms with E-state index in [9.17, 15) is 0 Å². The largest absolute Gasteiger partial charge is 0.126 e. The van der Waals surface area contributed by atoms with E-state index in [-0.39, 0.29) is 0 Å². The zero-order chi connectivity index (χ0) is 32.9. The fourth-order valence-corrected chi connectivity index (χ4v) is 8.70. The van der Waals surface area contributed by atoms with Crippen LogP contribution >= 0.6 is 23.5 Å². The van der Waals surface area contributed by atoms with Crippen LogP contribution in [-0.4, -0.2) is 11.5 Å². The lowest BCUT2D eigenvalue weighted by Crippen LogP contribution is -1.86. The SMILES string of the molecule is CCCCCCCCCCCCCCCCCCCSc1cccc(SCCCCCCCCCCCCCCCCCCC)c1. The van der Waals surface area contributed by atoms with Crippen molar-refractivity contribution >= 4 is 23.5 Å². The van der Waals surface area contributed by atoms with Crippen LogP contribution in [0.1, 0.15) is 232 Å². The van der Waals surface area contributed by atoms with E-state index in [1.807, 2.05) is 0 Å². The first-order valence-electron chi connectivity index (χ1n) is 21.2. The molecule has 1 aromatic rings. The van der Waals surface area contributed by atoms with Crippen LogP contribution < -0.4 is 0 Å². The third-order valence-corrected chi connectivity index (χ3v) is 12.0. The molecule has 0 saturated heterocycles. The summed E-state index contributed by atoms with van der Waals surface area (Å²) in [7, 11) is 0. The lowest BCUT2D eigenvalue weighted by atomic mass is 10.0. The molecule has 0 aliphatic rings. The van der Waals surface area contributed by atoms with Gasteiger partial charge in [-0.2, -0.15) is 0 Å². The quantitative estimate of drug-likeness (QED) is 0.0506. The molecule has 0 aromatic heterocycles. The number of unbranched alkanes of at least 4 members (excludes halogenated alkanes) is 32. The fraction of sp³-hybridized carbons (Fsp3) is 0.864. The molecule has 0 aliphatic carbocycles. The molecule has 0 fully saturated rings. The molecular weight excluding hydrogens is 593 g/mol.